The smallest absolute Gasteiger partial charge is 0.277 e. The molecule has 194 valence electrons. The number of amides is 1. The standard InChI is InChI=1S/C25H33N5O5S/c1-4-9-21-26-17(3)23-25(32)27-24(28-30(21)23)19-16-18(11-12-20(19)35-5-2)36(33,34)15-7-6-13-29-14-8-10-22(29)31/h11-12,16H,4-10,13-15H2,1-3H3,(H,27,28,32). The van der Waals surface area contributed by atoms with E-state index in [4.69, 9.17) is 4.74 Å². The quantitative estimate of drug-likeness (QED) is 0.389. The van der Waals surface area contributed by atoms with Crippen LogP contribution in [-0.2, 0) is 21.1 Å². The molecule has 10 nitrogen and oxygen atoms in total. The topological polar surface area (TPSA) is 127 Å². The summed E-state index contributed by atoms with van der Waals surface area (Å²) in [5, 5.41) is 4.62. The van der Waals surface area contributed by atoms with Gasteiger partial charge in [0.25, 0.3) is 5.56 Å². The van der Waals surface area contributed by atoms with Crippen LogP contribution in [0.25, 0.3) is 16.9 Å². The molecule has 1 aromatic carbocycles. The van der Waals surface area contributed by atoms with Crippen LogP contribution >= 0.6 is 0 Å². The van der Waals surface area contributed by atoms with E-state index in [1.54, 1.807) is 22.4 Å². The third-order valence-corrected chi connectivity index (χ3v) is 8.14. The number of carbonyl (C=O) groups excluding carboxylic acids is 1. The lowest BCUT2D eigenvalue weighted by Gasteiger charge is -2.15. The number of H-pyrrole nitrogens is 1. The van der Waals surface area contributed by atoms with E-state index >= 15 is 0 Å². The Labute approximate surface area is 210 Å². The highest BCUT2D eigenvalue weighted by Crippen LogP contribution is 2.31. The van der Waals surface area contributed by atoms with Crippen LogP contribution in [0.3, 0.4) is 0 Å². The Balaban J connectivity index is 1.64. The number of aromatic nitrogens is 4. The van der Waals surface area contributed by atoms with Crippen molar-refractivity contribution in [3.8, 4) is 17.1 Å². The van der Waals surface area contributed by atoms with E-state index in [-0.39, 0.29) is 27.9 Å². The van der Waals surface area contributed by atoms with Gasteiger partial charge < -0.3 is 14.6 Å². The maximum atomic E-state index is 13.1. The van der Waals surface area contributed by atoms with Crippen LogP contribution in [0.5, 0.6) is 5.75 Å². The zero-order valence-corrected chi connectivity index (χ0v) is 21.9. The summed E-state index contributed by atoms with van der Waals surface area (Å²) in [6, 6.07) is 4.64. The molecule has 1 fully saturated rings. The van der Waals surface area contributed by atoms with Gasteiger partial charge in [-0.15, -0.1) is 5.10 Å². The Morgan fingerprint density at radius 2 is 1.97 bits per heavy atom. The van der Waals surface area contributed by atoms with E-state index in [2.05, 4.69) is 15.1 Å². The van der Waals surface area contributed by atoms with Gasteiger partial charge >= 0.3 is 0 Å². The molecule has 36 heavy (non-hydrogen) atoms. The molecular formula is C25H33N5O5S. The van der Waals surface area contributed by atoms with Gasteiger partial charge in [0.2, 0.25) is 5.91 Å². The highest BCUT2D eigenvalue weighted by Gasteiger charge is 2.22. The van der Waals surface area contributed by atoms with Crippen LogP contribution < -0.4 is 10.3 Å². The fourth-order valence-electron chi connectivity index (χ4n) is 4.56. The van der Waals surface area contributed by atoms with Gasteiger partial charge in [-0.3, -0.25) is 9.59 Å². The number of imidazole rings is 1. The molecule has 0 aliphatic carbocycles. The van der Waals surface area contributed by atoms with Gasteiger partial charge in [0.15, 0.2) is 21.2 Å². The van der Waals surface area contributed by atoms with Gasteiger partial charge in [0.1, 0.15) is 11.6 Å². The second-order valence-corrected chi connectivity index (χ2v) is 11.1. The highest BCUT2D eigenvalue weighted by atomic mass is 32.2. The Bertz CT molecular complexity index is 1430. The first-order valence-corrected chi connectivity index (χ1v) is 14.2. The number of sulfone groups is 1. The minimum atomic E-state index is -3.59. The van der Waals surface area contributed by atoms with Crippen LogP contribution in [-0.4, -0.2) is 64.3 Å². The predicted octanol–water partition coefficient (Wildman–Crippen LogP) is 2.92. The number of benzene rings is 1. The Morgan fingerprint density at radius 1 is 1.17 bits per heavy atom. The van der Waals surface area contributed by atoms with Crippen molar-refractivity contribution in [1.82, 2.24) is 24.5 Å². The average molecular weight is 516 g/mol. The van der Waals surface area contributed by atoms with Crippen LogP contribution in [0.1, 0.15) is 57.5 Å². The fourth-order valence-corrected chi connectivity index (χ4v) is 5.96. The largest absolute Gasteiger partial charge is 0.493 e. The number of nitrogens with one attached hydrogen (secondary N) is 1. The molecule has 0 saturated carbocycles. The monoisotopic (exact) mass is 515 g/mol. The number of nitrogens with zero attached hydrogens (tertiary/aromatic N) is 4. The number of rotatable bonds is 11. The van der Waals surface area contributed by atoms with Gasteiger partial charge in [-0.1, -0.05) is 6.92 Å². The third kappa shape index (κ3) is 5.30. The summed E-state index contributed by atoms with van der Waals surface area (Å²) < 4.78 is 33.6. The van der Waals surface area contributed by atoms with Crippen molar-refractivity contribution in [2.24, 2.45) is 0 Å². The molecule has 0 spiro atoms. The molecule has 1 saturated heterocycles. The molecule has 2 aromatic heterocycles. The average Bonchev–Trinajstić information content (AvgIpc) is 3.39. The van der Waals surface area contributed by atoms with Crippen LogP contribution in [0, 0.1) is 6.92 Å². The summed E-state index contributed by atoms with van der Waals surface area (Å²) >= 11 is 0. The summed E-state index contributed by atoms with van der Waals surface area (Å²) in [7, 11) is -3.59. The lowest BCUT2D eigenvalue weighted by Crippen LogP contribution is -2.26. The molecular weight excluding hydrogens is 482 g/mol. The highest BCUT2D eigenvalue weighted by molar-refractivity contribution is 7.91. The summed E-state index contributed by atoms with van der Waals surface area (Å²) in [6.07, 6.45) is 4.01. The van der Waals surface area contributed by atoms with Crippen molar-refractivity contribution in [3.05, 3.63) is 40.1 Å². The lowest BCUT2D eigenvalue weighted by atomic mass is 10.2. The maximum Gasteiger partial charge on any atom is 0.277 e. The second kappa shape index (κ2) is 10.8. The number of aryl methyl sites for hydroxylation is 2. The Kier molecular flexibility index (Phi) is 7.77. The molecule has 3 heterocycles. The minimum absolute atomic E-state index is 0.0349. The number of carbonyl (C=O) groups is 1. The molecule has 4 rings (SSSR count). The molecule has 3 aromatic rings. The molecule has 0 atom stereocenters. The minimum Gasteiger partial charge on any atom is -0.493 e. The summed E-state index contributed by atoms with van der Waals surface area (Å²) in [4.78, 5) is 33.9. The van der Waals surface area contributed by atoms with Crippen LogP contribution in [0.4, 0.5) is 0 Å². The number of fused-ring (bicyclic) bond motifs is 1. The number of hydrogen-bond acceptors (Lipinski definition) is 7. The Morgan fingerprint density at radius 3 is 2.67 bits per heavy atom. The van der Waals surface area contributed by atoms with Crippen molar-refractivity contribution >= 4 is 21.3 Å². The number of unbranched alkanes of at least 4 members (excludes halogenated alkanes) is 1. The molecule has 0 radical (unpaired) electrons. The molecule has 1 aliphatic heterocycles. The first-order chi connectivity index (χ1) is 17.2. The summed E-state index contributed by atoms with van der Waals surface area (Å²) in [5.41, 5.74) is 1.02. The lowest BCUT2D eigenvalue weighted by molar-refractivity contribution is -0.127. The molecule has 1 amide bonds. The van der Waals surface area contributed by atoms with Crippen molar-refractivity contribution in [1.29, 1.82) is 0 Å². The molecule has 1 aliphatic rings. The SMILES string of the molecule is CCCc1nc(C)c2c(=O)[nH]c(-c3cc(S(=O)(=O)CCCCN4CCCC4=O)ccc3OCC)nn12. The predicted molar refractivity (Wildman–Crippen MR) is 136 cm³/mol. The zero-order chi connectivity index (χ0) is 25.9. The third-order valence-electron chi connectivity index (χ3n) is 6.34. The van der Waals surface area contributed by atoms with E-state index in [1.165, 1.54) is 12.1 Å². The first kappa shape index (κ1) is 25.9. The van der Waals surface area contributed by atoms with Crippen molar-refractivity contribution in [2.45, 2.75) is 64.2 Å². The van der Waals surface area contributed by atoms with Gasteiger partial charge in [0, 0.05) is 25.9 Å². The first-order valence-electron chi connectivity index (χ1n) is 12.5. The van der Waals surface area contributed by atoms with Gasteiger partial charge in [-0.2, -0.15) is 0 Å². The molecule has 0 bridgehead atoms. The van der Waals surface area contributed by atoms with Gasteiger partial charge in [-0.05, 0) is 57.7 Å². The van der Waals surface area contributed by atoms with E-state index in [0.717, 1.165) is 19.4 Å². The maximum absolute atomic E-state index is 13.1. The van der Waals surface area contributed by atoms with Crippen molar-refractivity contribution < 1.29 is 17.9 Å². The molecule has 0 unspecified atom stereocenters. The van der Waals surface area contributed by atoms with Gasteiger partial charge in [0.05, 0.1) is 28.5 Å². The molecule has 1 N–H and O–H groups in total. The summed E-state index contributed by atoms with van der Waals surface area (Å²) in [6.45, 7) is 7.32. The van der Waals surface area contributed by atoms with E-state index in [1.807, 2.05) is 13.8 Å². The molecule has 11 heteroatoms. The zero-order valence-electron chi connectivity index (χ0n) is 21.0. The van der Waals surface area contributed by atoms with Gasteiger partial charge in [-0.25, -0.2) is 17.9 Å². The number of aromatic amines is 1. The van der Waals surface area contributed by atoms with Crippen LogP contribution in [0.2, 0.25) is 0 Å². The number of ether oxygens (including phenoxy) is 1. The van der Waals surface area contributed by atoms with E-state index in [0.29, 0.717) is 67.2 Å². The number of hydrogen-bond donors (Lipinski definition) is 1. The van der Waals surface area contributed by atoms with E-state index < -0.39 is 9.84 Å². The summed E-state index contributed by atoms with van der Waals surface area (Å²) in [5.74, 6) is 1.43. The van der Waals surface area contributed by atoms with E-state index in [9.17, 15) is 18.0 Å². The normalized spacial score (nSPS) is 14.2. The fraction of sp³-hybridized carbons (Fsp3) is 0.520. The second-order valence-electron chi connectivity index (χ2n) is 9.03. The van der Waals surface area contributed by atoms with Crippen molar-refractivity contribution in [2.75, 3.05) is 25.4 Å². The number of likely N-dealkylation sites (tertiary alicyclic amines) is 1. The Hall–Kier alpha value is -3.21. The van der Waals surface area contributed by atoms with Crippen LogP contribution in [0.15, 0.2) is 27.9 Å². The van der Waals surface area contributed by atoms with Crippen molar-refractivity contribution in [3.63, 3.8) is 0 Å².